The first-order valence-electron chi connectivity index (χ1n) is 22.9. The smallest absolute Gasteiger partial charge is 0.0530 e. The van der Waals surface area contributed by atoms with Gasteiger partial charge in [-0.15, -0.1) is 0 Å². The summed E-state index contributed by atoms with van der Waals surface area (Å²) in [5.41, 5.74) is 27.0. The molecular weight excluding hydrogens is 785 g/mol. The van der Waals surface area contributed by atoms with E-state index in [2.05, 4.69) is 246 Å². The fourth-order valence-corrected chi connectivity index (χ4v) is 11.9. The number of benzene rings is 10. The van der Waals surface area contributed by atoms with Gasteiger partial charge in [-0.3, -0.25) is 0 Å². The van der Waals surface area contributed by atoms with Crippen molar-refractivity contribution in [2.45, 2.75) is 17.8 Å². The molecule has 0 saturated heterocycles. The van der Waals surface area contributed by atoms with E-state index in [-0.39, 0.29) is 17.8 Å². The summed E-state index contributed by atoms with van der Waals surface area (Å²) in [5.74, 6) is 0.321. The molecule has 0 amide bonds. The van der Waals surface area contributed by atoms with Crippen LogP contribution in [-0.2, 0) is 0 Å². The van der Waals surface area contributed by atoms with Gasteiger partial charge in [0, 0.05) is 34.7 Å². The molecule has 304 valence electrons. The molecule has 2 bridgehead atoms. The summed E-state index contributed by atoms with van der Waals surface area (Å²) in [6, 6.07) is 88.6. The van der Waals surface area contributed by atoms with Crippen LogP contribution in [0.25, 0.3) is 33.4 Å². The largest absolute Gasteiger partial charge is 0.310 e. The Morgan fingerprint density at radius 3 is 1.09 bits per heavy atom. The molecular formula is C63H42N2. The molecule has 2 heterocycles. The molecule has 0 aromatic heterocycles. The Morgan fingerprint density at radius 2 is 0.615 bits per heavy atom. The van der Waals surface area contributed by atoms with Gasteiger partial charge in [-0.05, 0) is 126 Å². The zero-order valence-electron chi connectivity index (χ0n) is 35.6. The maximum absolute atomic E-state index is 2.55. The van der Waals surface area contributed by atoms with E-state index in [1.807, 2.05) is 0 Å². The molecule has 0 atom stereocenters. The molecule has 0 spiro atoms. The Morgan fingerprint density at radius 1 is 0.231 bits per heavy atom. The van der Waals surface area contributed by atoms with Crippen molar-refractivity contribution in [2.24, 2.45) is 0 Å². The Bertz CT molecular complexity index is 3300. The van der Waals surface area contributed by atoms with Gasteiger partial charge in [-0.2, -0.15) is 0 Å². The van der Waals surface area contributed by atoms with Gasteiger partial charge in [0.05, 0.1) is 22.7 Å². The molecule has 0 fully saturated rings. The predicted octanol–water partition coefficient (Wildman–Crippen LogP) is 16.4. The summed E-state index contributed by atoms with van der Waals surface area (Å²) >= 11 is 0. The topological polar surface area (TPSA) is 6.48 Å². The van der Waals surface area contributed by atoms with Crippen LogP contribution >= 0.6 is 0 Å². The van der Waals surface area contributed by atoms with Gasteiger partial charge in [0.1, 0.15) is 0 Å². The van der Waals surface area contributed by atoms with Crippen LogP contribution in [0, 0.1) is 0 Å². The Hall–Kier alpha value is -8.20. The van der Waals surface area contributed by atoms with Crippen molar-refractivity contribution in [2.75, 3.05) is 9.80 Å². The number of para-hydroxylation sites is 2. The normalized spacial score (nSPS) is 15.9. The summed E-state index contributed by atoms with van der Waals surface area (Å²) < 4.78 is 0. The minimum atomic E-state index is -0.00641. The van der Waals surface area contributed by atoms with Crippen LogP contribution < -0.4 is 9.80 Å². The third-order valence-corrected chi connectivity index (χ3v) is 14.6. The third kappa shape index (κ3) is 5.35. The van der Waals surface area contributed by atoms with Crippen LogP contribution in [0.5, 0.6) is 0 Å². The Labute approximate surface area is 380 Å². The van der Waals surface area contributed by atoms with Gasteiger partial charge in [0.15, 0.2) is 0 Å². The van der Waals surface area contributed by atoms with Crippen molar-refractivity contribution >= 4 is 34.1 Å². The zero-order chi connectivity index (χ0) is 42.6. The van der Waals surface area contributed by atoms with Crippen molar-refractivity contribution in [3.8, 4) is 33.4 Å². The summed E-state index contributed by atoms with van der Waals surface area (Å²) in [6.07, 6.45) is 0. The van der Waals surface area contributed by atoms with Crippen LogP contribution in [-0.4, -0.2) is 0 Å². The van der Waals surface area contributed by atoms with E-state index in [9.17, 15) is 0 Å². The molecule has 10 aromatic carbocycles. The lowest BCUT2D eigenvalue weighted by Crippen LogP contribution is -2.30. The molecule has 3 aliphatic carbocycles. The van der Waals surface area contributed by atoms with Crippen LogP contribution in [0.1, 0.15) is 67.8 Å². The van der Waals surface area contributed by atoms with E-state index in [0.717, 1.165) is 11.4 Å². The second kappa shape index (κ2) is 14.2. The summed E-state index contributed by atoms with van der Waals surface area (Å²) in [5, 5.41) is 0. The maximum atomic E-state index is 2.55. The highest BCUT2D eigenvalue weighted by Crippen LogP contribution is 2.63. The molecule has 0 saturated carbocycles. The summed E-state index contributed by atoms with van der Waals surface area (Å²) in [7, 11) is 0. The lowest BCUT2D eigenvalue weighted by Gasteiger charge is -2.46. The highest BCUT2D eigenvalue weighted by atomic mass is 15.2. The summed E-state index contributed by atoms with van der Waals surface area (Å²) in [4.78, 5) is 5.11. The van der Waals surface area contributed by atoms with Crippen molar-refractivity contribution in [3.63, 3.8) is 0 Å². The molecule has 0 unspecified atom stereocenters. The first-order chi connectivity index (χ1) is 32.3. The molecule has 5 aliphatic rings. The van der Waals surface area contributed by atoms with Gasteiger partial charge in [-0.1, -0.05) is 188 Å². The van der Waals surface area contributed by atoms with Gasteiger partial charge in [0.2, 0.25) is 0 Å². The van der Waals surface area contributed by atoms with E-state index in [1.165, 1.54) is 106 Å². The second-order valence-corrected chi connectivity index (χ2v) is 17.9. The average Bonchev–Trinajstić information content (AvgIpc) is 3.38. The van der Waals surface area contributed by atoms with Gasteiger partial charge >= 0.3 is 0 Å². The van der Waals surface area contributed by atoms with E-state index < -0.39 is 0 Å². The van der Waals surface area contributed by atoms with Crippen molar-refractivity contribution < 1.29 is 0 Å². The minimum Gasteiger partial charge on any atom is -0.310 e. The first-order valence-corrected chi connectivity index (χ1v) is 22.9. The van der Waals surface area contributed by atoms with Crippen molar-refractivity contribution in [3.05, 3.63) is 287 Å². The van der Waals surface area contributed by atoms with Crippen LogP contribution in [0.3, 0.4) is 0 Å². The van der Waals surface area contributed by atoms with Crippen LogP contribution in [0.4, 0.5) is 34.1 Å². The molecule has 0 N–H and O–H groups in total. The Kier molecular flexibility index (Phi) is 7.91. The first kappa shape index (κ1) is 36.3. The van der Waals surface area contributed by atoms with Crippen molar-refractivity contribution in [1.82, 2.24) is 0 Å². The van der Waals surface area contributed by atoms with Crippen molar-refractivity contribution in [1.29, 1.82) is 0 Å². The molecule has 15 rings (SSSR count). The van der Waals surface area contributed by atoms with Gasteiger partial charge in [0.25, 0.3) is 0 Å². The second-order valence-electron chi connectivity index (χ2n) is 17.9. The molecule has 2 heteroatoms. The number of nitrogens with zero attached hydrogens (tertiary/aromatic N) is 2. The highest BCUT2D eigenvalue weighted by molar-refractivity contribution is 6.00. The quantitative estimate of drug-likeness (QED) is 0.171. The number of hydrogen-bond donors (Lipinski definition) is 0. The highest BCUT2D eigenvalue weighted by Gasteiger charge is 2.44. The maximum Gasteiger partial charge on any atom is 0.0530 e. The lowest BCUT2D eigenvalue weighted by molar-refractivity contribution is 0.756. The van der Waals surface area contributed by atoms with Crippen LogP contribution in [0.2, 0.25) is 0 Å². The fourth-order valence-electron chi connectivity index (χ4n) is 11.9. The monoisotopic (exact) mass is 826 g/mol. The standard InChI is InChI=1S/C63H42N2/c1-5-18-40(19-6-1)42-32-34-52-55(36-42)64(45-22-9-3-10-23-45)57-38-44(47-30-17-31-54-59-48-26-13-15-28-50(48)61(60(47)54)51-29-16-14-27-49(51)59)39-58-63(57)62(52)53-35-33-43(41-20-7-2-8-21-41)37-56(53)65(58)46-24-11-4-12-25-46/h1-39,59,61-62H. The molecule has 0 radical (unpaired) electrons. The molecule has 2 nitrogen and oxygen atoms in total. The van der Waals surface area contributed by atoms with Crippen LogP contribution in [0.15, 0.2) is 237 Å². The molecule has 2 aliphatic heterocycles. The average molecular weight is 827 g/mol. The number of hydrogen-bond acceptors (Lipinski definition) is 2. The zero-order valence-corrected chi connectivity index (χ0v) is 35.6. The number of anilines is 6. The van der Waals surface area contributed by atoms with E-state index in [1.54, 1.807) is 0 Å². The lowest BCUT2D eigenvalue weighted by atomic mass is 9.60. The van der Waals surface area contributed by atoms with E-state index >= 15 is 0 Å². The number of rotatable bonds is 5. The minimum absolute atomic E-state index is 0.00641. The predicted molar refractivity (Wildman–Crippen MR) is 268 cm³/mol. The molecule has 10 aromatic rings. The molecule has 65 heavy (non-hydrogen) atoms. The fraction of sp³-hybridized carbons (Fsp3) is 0.0476. The Balaban J connectivity index is 1.09. The SMILES string of the molecule is c1ccc(-c2ccc3c(c2)N(c2ccccc2)c2cc(-c4cccc5c4C4c6ccccc6C5c5ccccc54)cc4c2C3c2ccc(-c3ccccc3)cc2N4c2ccccc2)cc1. The van der Waals surface area contributed by atoms with Gasteiger partial charge < -0.3 is 9.80 Å². The van der Waals surface area contributed by atoms with E-state index in [0.29, 0.717) is 0 Å². The third-order valence-electron chi connectivity index (χ3n) is 14.6. The summed E-state index contributed by atoms with van der Waals surface area (Å²) in [6.45, 7) is 0. The number of fused-ring (bicyclic) bond motifs is 4. The van der Waals surface area contributed by atoms with Gasteiger partial charge in [-0.25, -0.2) is 0 Å². The van der Waals surface area contributed by atoms with E-state index in [4.69, 9.17) is 0 Å².